The molecule has 1 aliphatic heterocycles. The summed E-state index contributed by atoms with van der Waals surface area (Å²) in [5.41, 5.74) is 10.4. The van der Waals surface area contributed by atoms with E-state index in [2.05, 4.69) is 21.4 Å². The highest BCUT2D eigenvalue weighted by atomic mass is 35.5. The van der Waals surface area contributed by atoms with Crippen LogP contribution in [0.2, 0.25) is 5.02 Å². The number of hydrogen-bond acceptors (Lipinski definition) is 5. The molecule has 0 aliphatic carbocycles. The maximum absolute atomic E-state index is 14.1. The first kappa shape index (κ1) is 18.7. The Morgan fingerprint density at radius 1 is 1.18 bits per heavy atom. The second-order valence-corrected chi connectivity index (χ2v) is 7.23. The van der Waals surface area contributed by atoms with Gasteiger partial charge in [0.15, 0.2) is 11.6 Å². The van der Waals surface area contributed by atoms with Crippen LogP contribution in [0, 0.1) is 5.82 Å². The van der Waals surface area contributed by atoms with E-state index in [4.69, 9.17) is 22.1 Å². The van der Waals surface area contributed by atoms with E-state index in [0.29, 0.717) is 16.3 Å². The van der Waals surface area contributed by atoms with Crippen molar-refractivity contribution in [2.75, 3.05) is 12.3 Å². The molecule has 1 atom stereocenters. The highest BCUT2D eigenvalue weighted by molar-refractivity contribution is 6.30. The molecule has 144 valence electrons. The number of halogens is 2. The van der Waals surface area contributed by atoms with Crippen molar-refractivity contribution in [3.63, 3.8) is 0 Å². The summed E-state index contributed by atoms with van der Waals surface area (Å²) in [6, 6.07) is 8.31. The zero-order valence-electron chi connectivity index (χ0n) is 15.4. The third-order valence-corrected chi connectivity index (χ3v) is 5.07. The summed E-state index contributed by atoms with van der Waals surface area (Å²) in [5, 5.41) is 3.76. The van der Waals surface area contributed by atoms with Crippen molar-refractivity contribution in [1.82, 2.24) is 15.3 Å². The van der Waals surface area contributed by atoms with Crippen molar-refractivity contribution in [2.24, 2.45) is 0 Å². The average molecular weight is 399 g/mol. The fourth-order valence-electron chi connectivity index (χ4n) is 3.29. The summed E-state index contributed by atoms with van der Waals surface area (Å²) in [6.45, 7) is 3.47. The lowest BCUT2D eigenvalue weighted by molar-refractivity contribution is 0.222. The van der Waals surface area contributed by atoms with Crippen LogP contribution in [-0.4, -0.2) is 16.5 Å². The number of aromatic nitrogens is 2. The number of ether oxygens (including phenoxy) is 1. The van der Waals surface area contributed by atoms with E-state index in [0.717, 1.165) is 36.3 Å². The molecule has 3 aromatic rings. The van der Waals surface area contributed by atoms with E-state index in [9.17, 15) is 4.39 Å². The van der Waals surface area contributed by atoms with Gasteiger partial charge in [-0.2, -0.15) is 0 Å². The Morgan fingerprint density at radius 3 is 2.82 bits per heavy atom. The van der Waals surface area contributed by atoms with Gasteiger partial charge < -0.3 is 15.8 Å². The number of anilines is 1. The Balaban J connectivity index is 1.63. The molecule has 4 rings (SSSR count). The summed E-state index contributed by atoms with van der Waals surface area (Å²) in [4.78, 5) is 8.80. The molecular formula is C21H20ClFN4O. The number of pyridine rings is 2. The van der Waals surface area contributed by atoms with E-state index in [1.807, 2.05) is 12.3 Å². The van der Waals surface area contributed by atoms with Gasteiger partial charge in [0.2, 0.25) is 0 Å². The SMILES string of the molecule is C[C@@H](Oc1cc(-c2cnc3c(c2)CCNC3)cnc1N)c1cc(Cl)ccc1F. The molecule has 0 unspecified atom stereocenters. The molecule has 1 aromatic carbocycles. The van der Waals surface area contributed by atoms with Crippen molar-refractivity contribution in [2.45, 2.75) is 26.0 Å². The number of nitrogens with zero attached hydrogens (tertiary/aromatic N) is 2. The highest BCUT2D eigenvalue weighted by Gasteiger charge is 2.17. The number of nitrogen functional groups attached to an aromatic ring is 1. The third-order valence-electron chi connectivity index (χ3n) is 4.84. The van der Waals surface area contributed by atoms with Gasteiger partial charge in [0.25, 0.3) is 0 Å². The highest BCUT2D eigenvalue weighted by Crippen LogP contribution is 2.32. The topological polar surface area (TPSA) is 73.1 Å². The average Bonchev–Trinajstić information content (AvgIpc) is 2.71. The monoisotopic (exact) mass is 398 g/mol. The van der Waals surface area contributed by atoms with Crippen molar-refractivity contribution in [3.8, 4) is 16.9 Å². The molecule has 0 saturated carbocycles. The van der Waals surface area contributed by atoms with Crippen molar-refractivity contribution in [3.05, 3.63) is 70.4 Å². The van der Waals surface area contributed by atoms with Crippen molar-refractivity contribution in [1.29, 1.82) is 0 Å². The predicted octanol–water partition coefficient (Wildman–Crippen LogP) is 4.30. The van der Waals surface area contributed by atoms with E-state index < -0.39 is 6.10 Å². The number of hydrogen-bond donors (Lipinski definition) is 2. The largest absolute Gasteiger partial charge is 0.482 e. The molecule has 2 aromatic heterocycles. The minimum absolute atomic E-state index is 0.244. The van der Waals surface area contributed by atoms with Crippen LogP contribution in [0.3, 0.4) is 0 Å². The van der Waals surface area contributed by atoms with E-state index in [1.165, 1.54) is 17.7 Å². The smallest absolute Gasteiger partial charge is 0.166 e. The Bertz CT molecular complexity index is 1030. The standard InChI is InChI=1S/C21H20ClFN4O/c1-12(17-8-16(22)2-3-18(17)23)28-20-7-15(10-27-21(20)24)14-6-13-4-5-25-11-19(13)26-9-14/h2-3,6-10,12,25H,4-5,11H2,1H3,(H2,24,27)/t12-/m1/s1. The molecule has 0 bridgehead atoms. The van der Waals surface area contributed by atoms with Crippen LogP contribution in [0.25, 0.3) is 11.1 Å². The van der Waals surface area contributed by atoms with E-state index in [-0.39, 0.29) is 11.6 Å². The first-order valence-corrected chi connectivity index (χ1v) is 9.45. The molecule has 0 fully saturated rings. The molecule has 28 heavy (non-hydrogen) atoms. The van der Waals surface area contributed by atoms with Crippen molar-refractivity contribution < 1.29 is 9.13 Å². The van der Waals surface area contributed by atoms with Crippen LogP contribution in [-0.2, 0) is 13.0 Å². The normalized spacial score (nSPS) is 14.4. The van der Waals surface area contributed by atoms with Crippen LogP contribution in [0.1, 0.15) is 29.8 Å². The molecule has 3 N–H and O–H groups in total. The van der Waals surface area contributed by atoms with Gasteiger partial charge in [-0.15, -0.1) is 0 Å². The molecule has 1 aliphatic rings. The molecule has 5 nitrogen and oxygen atoms in total. The zero-order chi connectivity index (χ0) is 19.7. The van der Waals surface area contributed by atoms with Crippen LogP contribution < -0.4 is 15.8 Å². The lowest BCUT2D eigenvalue weighted by Gasteiger charge is -2.19. The zero-order valence-corrected chi connectivity index (χ0v) is 16.1. The molecule has 0 radical (unpaired) electrons. The van der Waals surface area contributed by atoms with Crippen LogP contribution >= 0.6 is 11.6 Å². The fourth-order valence-corrected chi connectivity index (χ4v) is 3.47. The van der Waals surface area contributed by atoms with Crippen molar-refractivity contribution >= 4 is 17.4 Å². The third kappa shape index (κ3) is 3.79. The Morgan fingerprint density at radius 2 is 1.96 bits per heavy atom. The number of nitrogens with one attached hydrogen (secondary N) is 1. The minimum Gasteiger partial charge on any atom is -0.482 e. The van der Waals surface area contributed by atoms with Crippen LogP contribution in [0.5, 0.6) is 5.75 Å². The second-order valence-electron chi connectivity index (χ2n) is 6.79. The molecule has 7 heteroatoms. The van der Waals surface area contributed by atoms with E-state index >= 15 is 0 Å². The van der Waals surface area contributed by atoms with Gasteiger partial charge in [-0.05, 0) is 55.8 Å². The molecule has 0 amide bonds. The molecule has 0 saturated heterocycles. The van der Waals surface area contributed by atoms with Crippen LogP contribution in [0.15, 0.2) is 42.7 Å². The lowest BCUT2D eigenvalue weighted by atomic mass is 10.0. The summed E-state index contributed by atoms with van der Waals surface area (Å²) >= 11 is 5.99. The lowest BCUT2D eigenvalue weighted by Crippen LogP contribution is -2.24. The first-order valence-electron chi connectivity index (χ1n) is 9.07. The predicted molar refractivity (Wildman–Crippen MR) is 108 cm³/mol. The number of fused-ring (bicyclic) bond motifs is 1. The van der Waals surface area contributed by atoms with Gasteiger partial charge >= 0.3 is 0 Å². The van der Waals surface area contributed by atoms with Crippen LogP contribution in [0.4, 0.5) is 10.2 Å². The van der Waals surface area contributed by atoms with Gasteiger partial charge in [0, 0.05) is 40.7 Å². The maximum Gasteiger partial charge on any atom is 0.166 e. The Kier molecular flexibility index (Phi) is 5.15. The number of rotatable bonds is 4. The van der Waals surface area contributed by atoms with Gasteiger partial charge in [-0.3, -0.25) is 4.98 Å². The molecule has 3 heterocycles. The quantitative estimate of drug-likeness (QED) is 0.685. The molecule has 0 spiro atoms. The second kappa shape index (κ2) is 7.73. The maximum atomic E-state index is 14.1. The first-order chi connectivity index (χ1) is 13.5. The Hall–Kier alpha value is -2.70. The van der Waals surface area contributed by atoms with Gasteiger partial charge in [-0.25, -0.2) is 9.37 Å². The fraction of sp³-hybridized carbons (Fsp3) is 0.238. The minimum atomic E-state index is -0.578. The van der Waals surface area contributed by atoms with Gasteiger partial charge in [0.1, 0.15) is 11.9 Å². The summed E-state index contributed by atoms with van der Waals surface area (Å²) in [6.07, 6.45) is 3.87. The number of benzene rings is 1. The Labute approximate surface area is 167 Å². The summed E-state index contributed by atoms with van der Waals surface area (Å²) in [7, 11) is 0. The summed E-state index contributed by atoms with van der Waals surface area (Å²) < 4.78 is 20.1. The van der Waals surface area contributed by atoms with E-state index in [1.54, 1.807) is 19.2 Å². The molecular weight excluding hydrogens is 379 g/mol. The van der Waals surface area contributed by atoms with Gasteiger partial charge in [-0.1, -0.05) is 11.6 Å². The number of nitrogens with two attached hydrogens (primary N) is 1. The summed E-state index contributed by atoms with van der Waals surface area (Å²) in [5.74, 6) is 0.254. The van der Waals surface area contributed by atoms with Gasteiger partial charge in [0.05, 0.1) is 5.69 Å².